The Morgan fingerprint density at radius 2 is 1.50 bits per heavy atom. The molecule has 0 aromatic carbocycles. The Balaban J connectivity index is -0.000000194. The topological polar surface area (TPSA) is 0 Å². The van der Waals surface area contributed by atoms with Gasteiger partial charge in [0.2, 0.25) is 0 Å². The number of hydrogen-bond donors (Lipinski definition) is 0. The van der Waals surface area contributed by atoms with Crippen molar-refractivity contribution < 1.29 is 31.3 Å². The monoisotopic (exact) mass is 314 g/mol. The molecule has 0 aliphatic heterocycles. The van der Waals surface area contributed by atoms with Gasteiger partial charge in [-0.15, -0.1) is 12.8 Å². The quantitative estimate of drug-likeness (QED) is 0.466. The van der Waals surface area contributed by atoms with Gasteiger partial charge in [0.1, 0.15) is 0 Å². The predicted molar refractivity (Wildman–Crippen MR) is 78.1 cm³/mol. The van der Waals surface area contributed by atoms with Crippen molar-refractivity contribution in [2.45, 2.75) is 39.8 Å². The van der Waals surface area contributed by atoms with Gasteiger partial charge in [0.15, 0.2) is 0 Å². The molecule has 0 fully saturated rings. The maximum Gasteiger partial charge on any atom is -0.109 e. The Bertz CT molecular complexity index is 327. The van der Waals surface area contributed by atoms with Gasteiger partial charge in [-0.05, 0) is 0 Å². The summed E-state index contributed by atoms with van der Waals surface area (Å²) in [5.41, 5.74) is 0. The van der Waals surface area contributed by atoms with Crippen molar-refractivity contribution in [3.05, 3.63) is 48.6 Å². The van der Waals surface area contributed by atoms with E-state index in [9.17, 15) is 0 Å². The van der Waals surface area contributed by atoms with E-state index in [0.717, 1.165) is 12.8 Å². The molecule has 2 aliphatic rings. The maximum absolute atomic E-state index is 2.99. The standard InChI is InChI=1S/2C5H5.C3H6.C2H6Si.ClH.Ti.H/c2*1-2-4-5-3-1;2*1-3-2;;;/h2*1-3H,4H2;2*1-2H3;1H;;/q2*-1;;;;;-1/p-1. The normalized spacial score (nSPS) is 12.7. The average molecular weight is 315 g/mol. The van der Waals surface area contributed by atoms with Gasteiger partial charge in [0, 0.05) is 0 Å². The van der Waals surface area contributed by atoms with E-state index in [0.29, 0.717) is 17.4 Å². The summed E-state index contributed by atoms with van der Waals surface area (Å²) < 4.78 is 1.71. The Labute approximate surface area is 129 Å². The molecule has 0 atom stereocenters. The second kappa shape index (κ2) is 15.1. The van der Waals surface area contributed by atoms with Crippen LogP contribution in [0.25, 0.3) is 0 Å². The van der Waals surface area contributed by atoms with Crippen LogP contribution in [-0.2, 0) is 17.4 Å². The van der Waals surface area contributed by atoms with E-state index < -0.39 is 0 Å². The minimum atomic E-state index is 0. The molecular formula is C15H23ClSiTi-4. The molecule has 0 bridgehead atoms. The third kappa shape index (κ3) is 18.4. The van der Waals surface area contributed by atoms with Crippen molar-refractivity contribution in [3.8, 4) is 0 Å². The minimum absolute atomic E-state index is 0. The second-order valence-electron chi connectivity index (χ2n) is 4.13. The summed E-state index contributed by atoms with van der Waals surface area (Å²) in [5, 5.41) is 0. The van der Waals surface area contributed by atoms with Gasteiger partial charge in [-0.25, -0.2) is 24.3 Å². The largest absolute Gasteiger partial charge is 1.00 e. The van der Waals surface area contributed by atoms with Crippen LogP contribution in [-0.4, -0.2) is 10.00 Å². The van der Waals surface area contributed by atoms with E-state index in [2.05, 4.69) is 51.2 Å². The van der Waals surface area contributed by atoms with E-state index >= 15 is 0 Å². The third-order valence-electron chi connectivity index (χ3n) is 1.67. The molecule has 0 saturated carbocycles. The zero-order valence-electron chi connectivity index (χ0n) is 12.8. The van der Waals surface area contributed by atoms with Crippen LogP contribution >= 0.6 is 0 Å². The fraction of sp³-hybridized carbons (Fsp3) is 0.400. The van der Waals surface area contributed by atoms with Crippen molar-refractivity contribution in [1.29, 1.82) is 0 Å². The van der Waals surface area contributed by atoms with Crippen molar-refractivity contribution in [2.75, 3.05) is 0 Å². The molecule has 2 rings (SSSR count). The van der Waals surface area contributed by atoms with Crippen molar-refractivity contribution in [2.24, 2.45) is 0 Å². The van der Waals surface area contributed by atoms with Crippen LogP contribution in [0.5, 0.6) is 0 Å². The van der Waals surface area contributed by atoms with Gasteiger partial charge < -0.3 is 13.8 Å². The Morgan fingerprint density at radius 1 is 1.06 bits per heavy atom. The number of allylic oxidation sites excluding steroid dienone is 8. The van der Waals surface area contributed by atoms with Crippen LogP contribution in [0.15, 0.2) is 36.5 Å². The third-order valence-corrected chi connectivity index (χ3v) is 7.36. The van der Waals surface area contributed by atoms with E-state index in [1.807, 2.05) is 24.3 Å². The molecule has 0 nitrogen and oxygen atoms in total. The smallest absolute Gasteiger partial charge is 0.109 e. The van der Waals surface area contributed by atoms with Gasteiger partial charge in [0.05, 0.1) is 0 Å². The Hall–Kier alpha value is 0.0512. The van der Waals surface area contributed by atoms with E-state index in [4.69, 9.17) is 0 Å². The van der Waals surface area contributed by atoms with Gasteiger partial charge in [0.25, 0.3) is 0 Å². The van der Waals surface area contributed by atoms with E-state index in [1.165, 1.54) is 0 Å². The zero-order valence-corrected chi connectivity index (χ0v) is 15.1. The predicted octanol–water partition coefficient (Wildman–Crippen LogP) is 1.26. The molecule has 18 heavy (non-hydrogen) atoms. The summed E-state index contributed by atoms with van der Waals surface area (Å²) in [5.74, 6) is 0. The first-order chi connectivity index (χ1) is 8.13. The molecular weight excluding hydrogens is 292 g/mol. The Morgan fingerprint density at radius 3 is 1.56 bits per heavy atom. The van der Waals surface area contributed by atoms with Crippen LogP contribution in [0.1, 0.15) is 28.1 Å². The molecule has 3 heteroatoms. The SMILES string of the molecule is C[C](C)=[Ti]=[Si](C)C.[C-]1=CC=CC1.[C-]1=CC=CC1.[Cl-].[H-]. The summed E-state index contributed by atoms with van der Waals surface area (Å²) in [6, 6.07) is 0. The van der Waals surface area contributed by atoms with Gasteiger partial charge in [-0.2, -0.15) is 12.2 Å². The van der Waals surface area contributed by atoms with Gasteiger partial charge in [-0.3, -0.25) is 12.2 Å². The van der Waals surface area contributed by atoms with Crippen LogP contribution in [0, 0.1) is 12.2 Å². The van der Waals surface area contributed by atoms with E-state index in [1.54, 1.807) is 3.81 Å². The van der Waals surface area contributed by atoms with Crippen LogP contribution < -0.4 is 12.4 Å². The number of hydrogen-bond acceptors (Lipinski definition) is 0. The molecule has 0 saturated heterocycles. The van der Waals surface area contributed by atoms with Crippen molar-refractivity contribution >= 4 is 10.00 Å². The zero-order chi connectivity index (χ0) is 12.9. The fourth-order valence-electron chi connectivity index (χ4n) is 1.18. The molecule has 0 aromatic rings. The maximum atomic E-state index is 2.99. The van der Waals surface area contributed by atoms with Crippen LogP contribution in [0.2, 0.25) is 13.1 Å². The Kier molecular flexibility index (Phi) is 17.1. The van der Waals surface area contributed by atoms with Crippen LogP contribution in [0.3, 0.4) is 0 Å². The summed E-state index contributed by atoms with van der Waals surface area (Å²) in [4.78, 5) is 0. The van der Waals surface area contributed by atoms with Crippen molar-refractivity contribution in [1.82, 2.24) is 0 Å². The molecule has 0 spiro atoms. The summed E-state index contributed by atoms with van der Waals surface area (Å²) >= 11 is 0.407. The summed E-state index contributed by atoms with van der Waals surface area (Å²) in [6.45, 7) is 9.32. The number of rotatable bonds is 0. The molecule has 0 amide bonds. The van der Waals surface area contributed by atoms with Crippen molar-refractivity contribution in [3.63, 3.8) is 0 Å². The summed E-state index contributed by atoms with van der Waals surface area (Å²) in [6.07, 6.45) is 20.2. The first-order valence-electron chi connectivity index (χ1n) is 5.93. The van der Waals surface area contributed by atoms with Crippen LogP contribution in [0.4, 0.5) is 0 Å². The summed E-state index contributed by atoms with van der Waals surface area (Å²) in [7, 11) is 0. The number of halogens is 1. The van der Waals surface area contributed by atoms with E-state index in [-0.39, 0.29) is 20.0 Å². The van der Waals surface area contributed by atoms with Gasteiger partial charge in [-0.1, -0.05) is 0 Å². The molecule has 0 unspecified atom stereocenters. The molecule has 102 valence electrons. The molecule has 0 radical (unpaired) electrons. The second-order valence-corrected chi connectivity index (χ2v) is 13.8. The molecule has 2 aliphatic carbocycles. The minimum Gasteiger partial charge on any atom is -1.00 e. The fourth-order valence-corrected chi connectivity index (χ4v) is 6.87. The first-order valence-corrected chi connectivity index (χ1v) is 11.6. The molecule has 0 N–H and O–H groups in total. The molecule has 0 aromatic heterocycles. The average Bonchev–Trinajstić information content (AvgIpc) is 2.96. The van der Waals surface area contributed by atoms with Gasteiger partial charge >= 0.3 is 54.4 Å². The first kappa shape index (κ1) is 20.4. The molecule has 0 heterocycles.